The molecule has 0 saturated heterocycles. The number of nitrogens with zero attached hydrogens (tertiary/aromatic N) is 1. The molecule has 1 unspecified atom stereocenters. The predicted octanol–water partition coefficient (Wildman–Crippen LogP) is 4.10. The molecule has 4 nitrogen and oxygen atoms in total. The van der Waals surface area contributed by atoms with Crippen molar-refractivity contribution in [2.45, 2.75) is 19.5 Å². The van der Waals surface area contributed by atoms with E-state index in [2.05, 4.69) is 5.32 Å². The molecule has 0 saturated carbocycles. The van der Waals surface area contributed by atoms with Crippen molar-refractivity contribution in [1.82, 2.24) is 5.32 Å². The first-order chi connectivity index (χ1) is 9.58. The summed E-state index contributed by atoms with van der Waals surface area (Å²) in [7, 11) is 0. The fraction of sp³-hybridized carbons (Fsp3) is 0.200. The molecule has 0 radical (unpaired) electrons. The van der Waals surface area contributed by atoms with Crippen LogP contribution in [0.3, 0.4) is 0 Å². The number of nitro benzene ring substituents is 1. The van der Waals surface area contributed by atoms with Crippen LogP contribution in [-0.2, 0) is 6.54 Å². The SMILES string of the molecule is CC(NCc1cccc(Cl)c1)c1ccccc1[N+](=O)[O-]. The summed E-state index contributed by atoms with van der Waals surface area (Å²) >= 11 is 5.93. The maximum atomic E-state index is 11.0. The van der Waals surface area contributed by atoms with E-state index in [1.807, 2.05) is 31.2 Å². The van der Waals surface area contributed by atoms with Crippen molar-refractivity contribution in [3.05, 3.63) is 74.8 Å². The maximum absolute atomic E-state index is 11.0. The lowest BCUT2D eigenvalue weighted by atomic mass is 10.1. The lowest BCUT2D eigenvalue weighted by molar-refractivity contribution is -0.385. The molecular weight excluding hydrogens is 276 g/mol. The van der Waals surface area contributed by atoms with Gasteiger partial charge in [0.25, 0.3) is 5.69 Å². The Hall–Kier alpha value is -1.91. The fourth-order valence-corrected chi connectivity index (χ4v) is 2.26. The number of rotatable bonds is 5. The molecule has 0 aromatic heterocycles. The first-order valence-electron chi connectivity index (χ1n) is 6.29. The van der Waals surface area contributed by atoms with E-state index in [1.165, 1.54) is 6.07 Å². The van der Waals surface area contributed by atoms with Crippen molar-refractivity contribution in [3.8, 4) is 0 Å². The largest absolute Gasteiger partial charge is 0.306 e. The second kappa shape index (κ2) is 6.50. The van der Waals surface area contributed by atoms with Gasteiger partial charge in [-0.25, -0.2) is 0 Å². The van der Waals surface area contributed by atoms with Gasteiger partial charge in [0.05, 0.1) is 4.92 Å². The number of para-hydroxylation sites is 1. The quantitative estimate of drug-likeness (QED) is 0.666. The van der Waals surface area contributed by atoms with Gasteiger partial charge in [-0.15, -0.1) is 0 Å². The molecule has 1 N–H and O–H groups in total. The Kier molecular flexibility index (Phi) is 4.71. The van der Waals surface area contributed by atoms with Crippen molar-refractivity contribution >= 4 is 17.3 Å². The van der Waals surface area contributed by atoms with Crippen molar-refractivity contribution < 1.29 is 4.92 Å². The molecule has 2 aromatic rings. The summed E-state index contributed by atoms with van der Waals surface area (Å²) < 4.78 is 0. The number of hydrogen-bond acceptors (Lipinski definition) is 3. The lowest BCUT2D eigenvalue weighted by Gasteiger charge is -2.14. The molecule has 2 aromatic carbocycles. The van der Waals surface area contributed by atoms with Crippen LogP contribution in [0.4, 0.5) is 5.69 Å². The molecule has 5 heteroatoms. The van der Waals surface area contributed by atoms with E-state index >= 15 is 0 Å². The van der Waals surface area contributed by atoms with E-state index in [-0.39, 0.29) is 16.7 Å². The number of hydrogen-bond donors (Lipinski definition) is 1. The van der Waals surface area contributed by atoms with E-state index < -0.39 is 0 Å². The highest BCUT2D eigenvalue weighted by molar-refractivity contribution is 6.30. The van der Waals surface area contributed by atoms with Crippen molar-refractivity contribution in [3.63, 3.8) is 0 Å². The Balaban J connectivity index is 2.09. The lowest BCUT2D eigenvalue weighted by Crippen LogP contribution is -2.19. The molecule has 0 aliphatic heterocycles. The summed E-state index contributed by atoms with van der Waals surface area (Å²) in [5.41, 5.74) is 1.86. The van der Waals surface area contributed by atoms with Gasteiger partial charge in [-0.3, -0.25) is 10.1 Å². The summed E-state index contributed by atoms with van der Waals surface area (Å²) in [5.74, 6) is 0. The molecule has 1 atom stereocenters. The highest BCUT2D eigenvalue weighted by Gasteiger charge is 2.17. The Morgan fingerprint density at radius 3 is 2.70 bits per heavy atom. The maximum Gasteiger partial charge on any atom is 0.274 e. The third-order valence-electron chi connectivity index (χ3n) is 3.10. The van der Waals surface area contributed by atoms with Gasteiger partial charge >= 0.3 is 0 Å². The van der Waals surface area contributed by atoms with E-state index in [1.54, 1.807) is 18.2 Å². The highest BCUT2D eigenvalue weighted by Crippen LogP contribution is 2.24. The van der Waals surface area contributed by atoms with Crippen LogP contribution in [0.15, 0.2) is 48.5 Å². The standard InChI is InChI=1S/C15H15ClN2O2/c1-11(14-7-2-3-8-15(14)18(19)20)17-10-12-5-4-6-13(16)9-12/h2-9,11,17H,10H2,1H3. The average molecular weight is 291 g/mol. The van der Waals surface area contributed by atoms with Gasteiger partial charge in [0.15, 0.2) is 0 Å². The zero-order valence-corrected chi connectivity index (χ0v) is 11.8. The zero-order chi connectivity index (χ0) is 14.5. The topological polar surface area (TPSA) is 55.2 Å². The molecule has 0 spiro atoms. The summed E-state index contributed by atoms with van der Waals surface area (Å²) in [6.45, 7) is 2.51. The predicted molar refractivity (Wildman–Crippen MR) is 79.8 cm³/mol. The van der Waals surface area contributed by atoms with Gasteiger partial charge < -0.3 is 5.32 Å². The summed E-state index contributed by atoms with van der Waals surface area (Å²) in [4.78, 5) is 10.7. The minimum atomic E-state index is -0.354. The second-order valence-corrected chi connectivity index (χ2v) is 4.98. The number of nitrogens with one attached hydrogen (secondary N) is 1. The van der Waals surface area contributed by atoms with Gasteiger partial charge in [-0.1, -0.05) is 41.9 Å². The molecule has 0 fully saturated rings. The van der Waals surface area contributed by atoms with Crippen molar-refractivity contribution in [2.75, 3.05) is 0 Å². The van der Waals surface area contributed by atoms with E-state index in [0.717, 1.165) is 5.56 Å². The van der Waals surface area contributed by atoms with Crippen molar-refractivity contribution in [1.29, 1.82) is 0 Å². The highest BCUT2D eigenvalue weighted by atomic mass is 35.5. The normalized spacial score (nSPS) is 12.1. The number of benzene rings is 2. The van der Waals surface area contributed by atoms with Crippen LogP contribution < -0.4 is 5.32 Å². The molecular formula is C15H15ClN2O2. The Morgan fingerprint density at radius 1 is 1.25 bits per heavy atom. The Labute approximate surface area is 122 Å². The van der Waals surface area contributed by atoms with Crippen LogP contribution in [0.5, 0.6) is 0 Å². The number of halogens is 1. The van der Waals surface area contributed by atoms with Crippen LogP contribution in [0.25, 0.3) is 0 Å². The molecule has 2 rings (SSSR count). The zero-order valence-electron chi connectivity index (χ0n) is 11.0. The molecule has 0 aliphatic carbocycles. The monoisotopic (exact) mass is 290 g/mol. The third kappa shape index (κ3) is 3.56. The van der Waals surface area contributed by atoms with Crippen LogP contribution in [0.2, 0.25) is 5.02 Å². The first kappa shape index (κ1) is 14.5. The molecule has 0 heterocycles. The summed E-state index contributed by atoms with van der Waals surface area (Å²) in [6, 6.07) is 14.2. The van der Waals surface area contributed by atoms with Crippen LogP contribution in [0.1, 0.15) is 24.1 Å². The van der Waals surface area contributed by atoms with Crippen molar-refractivity contribution in [2.24, 2.45) is 0 Å². The van der Waals surface area contributed by atoms with Crippen LogP contribution in [-0.4, -0.2) is 4.92 Å². The minimum Gasteiger partial charge on any atom is -0.306 e. The van der Waals surface area contributed by atoms with Gasteiger partial charge in [0, 0.05) is 29.2 Å². The Morgan fingerprint density at radius 2 is 2.00 bits per heavy atom. The molecule has 0 bridgehead atoms. The van der Waals surface area contributed by atoms with Gasteiger partial charge in [0.1, 0.15) is 0 Å². The molecule has 20 heavy (non-hydrogen) atoms. The van der Waals surface area contributed by atoms with E-state index in [0.29, 0.717) is 17.1 Å². The van der Waals surface area contributed by atoms with Gasteiger partial charge in [-0.05, 0) is 24.6 Å². The van der Waals surface area contributed by atoms with E-state index in [9.17, 15) is 10.1 Å². The molecule has 0 aliphatic rings. The summed E-state index contributed by atoms with van der Waals surface area (Å²) in [5, 5.41) is 15.0. The Bertz CT molecular complexity index is 616. The van der Waals surface area contributed by atoms with Gasteiger partial charge in [-0.2, -0.15) is 0 Å². The fourth-order valence-electron chi connectivity index (χ4n) is 2.05. The second-order valence-electron chi connectivity index (χ2n) is 4.55. The molecule has 0 amide bonds. The summed E-state index contributed by atoms with van der Waals surface area (Å²) in [6.07, 6.45) is 0. The minimum absolute atomic E-state index is 0.115. The average Bonchev–Trinajstić information content (AvgIpc) is 2.45. The molecule has 104 valence electrons. The first-order valence-corrected chi connectivity index (χ1v) is 6.67. The number of nitro groups is 1. The van der Waals surface area contributed by atoms with Crippen LogP contribution >= 0.6 is 11.6 Å². The third-order valence-corrected chi connectivity index (χ3v) is 3.34. The van der Waals surface area contributed by atoms with E-state index in [4.69, 9.17) is 11.6 Å². The smallest absolute Gasteiger partial charge is 0.274 e. The van der Waals surface area contributed by atoms with Gasteiger partial charge in [0.2, 0.25) is 0 Å². The van der Waals surface area contributed by atoms with Crippen LogP contribution in [0, 0.1) is 10.1 Å².